The van der Waals surface area contributed by atoms with E-state index in [4.69, 9.17) is 14.4 Å². The first-order chi connectivity index (χ1) is 24.3. The van der Waals surface area contributed by atoms with Crippen LogP contribution in [0, 0.1) is 0 Å². The number of rotatable bonds is 3. The number of fused-ring (bicyclic) bond motifs is 6. The van der Waals surface area contributed by atoms with Crippen LogP contribution in [0.3, 0.4) is 0 Å². The molecular formula is C44H26N4O. The van der Waals surface area contributed by atoms with Gasteiger partial charge in [-0.3, -0.25) is 4.57 Å². The third-order valence-corrected chi connectivity index (χ3v) is 9.90. The average molecular weight is 627 g/mol. The summed E-state index contributed by atoms with van der Waals surface area (Å²) in [5.74, 6) is 0.781. The van der Waals surface area contributed by atoms with Crippen molar-refractivity contribution in [1.82, 2.24) is 19.1 Å². The van der Waals surface area contributed by atoms with Gasteiger partial charge in [0.15, 0.2) is 5.82 Å². The first-order valence-corrected chi connectivity index (χ1v) is 16.5. The minimum Gasteiger partial charge on any atom is -0.456 e. The lowest BCUT2D eigenvalue weighted by atomic mass is 10.1. The number of aromatic nitrogens is 4. The second-order valence-electron chi connectivity index (χ2n) is 12.6. The van der Waals surface area contributed by atoms with Gasteiger partial charge in [0.1, 0.15) is 16.9 Å². The van der Waals surface area contributed by atoms with Crippen LogP contribution in [0.15, 0.2) is 162 Å². The number of nitrogens with zero attached hydrogens (tertiary/aromatic N) is 4. The van der Waals surface area contributed by atoms with Crippen molar-refractivity contribution in [3.63, 3.8) is 0 Å². The molecule has 5 nitrogen and oxygen atoms in total. The van der Waals surface area contributed by atoms with Gasteiger partial charge < -0.3 is 8.98 Å². The minimum absolute atomic E-state index is 0.781. The van der Waals surface area contributed by atoms with E-state index in [9.17, 15) is 0 Å². The maximum absolute atomic E-state index is 6.35. The second kappa shape index (κ2) is 9.89. The Morgan fingerprint density at radius 1 is 0.408 bits per heavy atom. The molecule has 0 aliphatic rings. The number of benzene rings is 7. The molecule has 0 unspecified atom stereocenters. The molecule has 0 radical (unpaired) electrons. The zero-order valence-electron chi connectivity index (χ0n) is 26.2. The molecule has 0 amide bonds. The maximum Gasteiger partial charge on any atom is 0.165 e. The van der Waals surface area contributed by atoms with Crippen LogP contribution >= 0.6 is 0 Å². The molecule has 0 fully saturated rings. The van der Waals surface area contributed by atoms with Gasteiger partial charge >= 0.3 is 0 Å². The summed E-state index contributed by atoms with van der Waals surface area (Å²) in [5, 5.41) is 6.96. The van der Waals surface area contributed by atoms with Crippen molar-refractivity contribution >= 4 is 76.6 Å². The van der Waals surface area contributed by atoms with Crippen molar-refractivity contribution in [3.8, 4) is 22.8 Å². The van der Waals surface area contributed by atoms with Gasteiger partial charge in [0.25, 0.3) is 0 Å². The van der Waals surface area contributed by atoms with Crippen LogP contribution in [0.5, 0.6) is 0 Å². The number of hydrogen-bond donors (Lipinski definition) is 0. The van der Waals surface area contributed by atoms with E-state index >= 15 is 0 Å². The first kappa shape index (κ1) is 26.4. The fourth-order valence-electron chi connectivity index (χ4n) is 7.82. The van der Waals surface area contributed by atoms with Crippen LogP contribution in [0.25, 0.3) is 99.3 Å². The smallest absolute Gasteiger partial charge is 0.165 e. The van der Waals surface area contributed by atoms with Gasteiger partial charge in [-0.25, -0.2) is 9.97 Å². The third-order valence-electron chi connectivity index (χ3n) is 9.90. The predicted molar refractivity (Wildman–Crippen MR) is 201 cm³/mol. The first-order valence-electron chi connectivity index (χ1n) is 16.5. The summed E-state index contributed by atoms with van der Waals surface area (Å²) < 4.78 is 11.1. The van der Waals surface area contributed by atoms with E-state index in [2.05, 4.69) is 130 Å². The molecule has 0 atom stereocenters. The van der Waals surface area contributed by atoms with Crippen LogP contribution in [0.1, 0.15) is 0 Å². The molecule has 228 valence electrons. The summed E-state index contributed by atoms with van der Waals surface area (Å²) in [6.45, 7) is 0. The summed E-state index contributed by atoms with van der Waals surface area (Å²) in [5.41, 5.74) is 10.7. The Kier molecular flexibility index (Phi) is 5.32. The highest BCUT2D eigenvalue weighted by molar-refractivity contribution is 6.28. The van der Waals surface area contributed by atoms with Gasteiger partial charge in [-0.1, -0.05) is 91.0 Å². The van der Waals surface area contributed by atoms with Crippen LogP contribution < -0.4 is 0 Å². The predicted octanol–water partition coefficient (Wildman–Crippen LogP) is 11.4. The number of para-hydroxylation sites is 5. The Balaban J connectivity index is 1.31. The van der Waals surface area contributed by atoms with Crippen molar-refractivity contribution in [1.29, 1.82) is 0 Å². The van der Waals surface area contributed by atoms with E-state index in [1.165, 1.54) is 21.5 Å². The zero-order chi connectivity index (χ0) is 32.1. The third kappa shape index (κ3) is 3.70. The fraction of sp³-hybridized carbons (Fsp3) is 0. The zero-order valence-corrected chi connectivity index (χ0v) is 26.2. The highest BCUT2D eigenvalue weighted by Crippen LogP contribution is 2.43. The molecule has 49 heavy (non-hydrogen) atoms. The lowest BCUT2D eigenvalue weighted by Gasteiger charge is -2.15. The summed E-state index contributed by atoms with van der Waals surface area (Å²) in [4.78, 5) is 10.7. The van der Waals surface area contributed by atoms with Gasteiger partial charge in [-0.05, 0) is 72.1 Å². The Morgan fingerprint density at radius 2 is 1.02 bits per heavy atom. The summed E-state index contributed by atoms with van der Waals surface area (Å²) in [6, 6.07) is 55.3. The molecule has 0 N–H and O–H groups in total. The molecule has 5 heteroatoms. The van der Waals surface area contributed by atoms with Crippen molar-refractivity contribution in [2.24, 2.45) is 0 Å². The Labute approximate surface area is 279 Å². The van der Waals surface area contributed by atoms with Crippen LogP contribution in [-0.2, 0) is 0 Å². The van der Waals surface area contributed by atoms with Gasteiger partial charge in [0.05, 0.1) is 33.1 Å². The van der Waals surface area contributed by atoms with Gasteiger partial charge in [0.2, 0.25) is 0 Å². The lowest BCUT2D eigenvalue weighted by molar-refractivity contribution is 0.669. The molecule has 0 aliphatic carbocycles. The maximum atomic E-state index is 6.35. The van der Waals surface area contributed by atoms with E-state index in [-0.39, 0.29) is 0 Å². The normalized spacial score (nSPS) is 12.1. The Bertz CT molecular complexity index is 3110. The topological polar surface area (TPSA) is 48.8 Å². The molecule has 11 aromatic rings. The number of furan rings is 1. The molecular weight excluding hydrogens is 601 g/mol. The average Bonchev–Trinajstić information content (AvgIpc) is 3.67. The van der Waals surface area contributed by atoms with E-state index in [0.717, 1.165) is 77.8 Å². The molecule has 0 aliphatic heterocycles. The SMILES string of the molecule is c1ccc(-n2c3ccccc3c3cccc4c3c3c2cccc3n4-c2nc3ccccc3nc2-c2ccc3c(c2)oc2ccccc23)cc1. The van der Waals surface area contributed by atoms with E-state index in [0.29, 0.717) is 0 Å². The fourth-order valence-corrected chi connectivity index (χ4v) is 7.82. The van der Waals surface area contributed by atoms with E-state index in [1.807, 2.05) is 36.4 Å². The van der Waals surface area contributed by atoms with Crippen molar-refractivity contribution in [2.75, 3.05) is 0 Å². The molecule has 0 spiro atoms. The van der Waals surface area contributed by atoms with Crippen molar-refractivity contribution < 1.29 is 4.42 Å². The summed E-state index contributed by atoms with van der Waals surface area (Å²) in [6.07, 6.45) is 0. The van der Waals surface area contributed by atoms with Crippen molar-refractivity contribution in [2.45, 2.75) is 0 Å². The molecule has 4 aromatic heterocycles. The minimum atomic E-state index is 0.781. The molecule has 0 saturated heterocycles. The molecule has 0 saturated carbocycles. The van der Waals surface area contributed by atoms with Crippen molar-refractivity contribution in [3.05, 3.63) is 158 Å². The van der Waals surface area contributed by atoms with E-state index < -0.39 is 0 Å². The highest BCUT2D eigenvalue weighted by atomic mass is 16.3. The van der Waals surface area contributed by atoms with Crippen LogP contribution in [0.4, 0.5) is 0 Å². The van der Waals surface area contributed by atoms with Crippen LogP contribution in [-0.4, -0.2) is 19.1 Å². The molecule has 0 bridgehead atoms. The Hall–Kier alpha value is -6.72. The standard InChI is InChI=1S/C44H26N4O/c1-2-12-28(13-3-1)47-35-19-8-4-14-29(35)32-16-10-20-36-41(32)42-37(47)21-11-22-38(42)48(36)44-43(45-33-17-6-7-18-34(33)46-44)27-24-25-31-30-15-5-9-23-39(30)49-40(31)26-27/h1-26H. The Morgan fingerprint density at radius 3 is 1.88 bits per heavy atom. The quantitative estimate of drug-likeness (QED) is 0.196. The van der Waals surface area contributed by atoms with Gasteiger partial charge in [-0.15, -0.1) is 0 Å². The monoisotopic (exact) mass is 626 g/mol. The van der Waals surface area contributed by atoms with Crippen LogP contribution in [0.2, 0.25) is 0 Å². The molecule has 4 heterocycles. The molecule has 7 aromatic carbocycles. The molecule has 11 rings (SSSR count). The second-order valence-corrected chi connectivity index (χ2v) is 12.6. The lowest BCUT2D eigenvalue weighted by Crippen LogP contribution is -2.04. The number of hydrogen-bond acceptors (Lipinski definition) is 3. The highest BCUT2D eigenvalue weighted by Gasteiger charge is 2.24. The van der Waals surface area contributed by atoms with Gasteiger partial charge in [-0.2, -0.15) is 0 Å². The summed E-state index contributed by atoms with van der Waals surface area (Å²) >= 11 is 0. The van der Waals surface area contributed by atoms with Gasteiger partial charge in [0, 0.05) is 38.2 Å². The van der Waals surface area contributed by atoms with E-state index in [1.54, 1.807) is 0 Å². The largest absolute Gasteiger partial charge is 0.456 e. The summed E-state index contributed by atoms with van der Waals surface area (Å²) in [7, 11) is 0.